The third kappa shape index (κ3) is 4.66. The first-order valence-corrected chi connectivity index (χ1v) is 11.0. The summed E-state index contributed by atoms with van der Waals surface area (Å²) in [7, 11) is 0. The maximum atomic E-state index is 12.4. The molecule has 0 N–H and O–H groups in total. The monoisotopic (exact) mass is 451 g/mol. The summed E-state index contributed by atoms with van der Waals surface area (Å²) < 4.78 is 12.8. The van der Waals surface area contributed by atoms with E-state index < -0.39 is 5.97 Å². The van der Waals surface area contributed by atoms with E-state index in [-0.39, 0.29) is 6.61 Å². The number of aromatic nitrogens is 3. The summed E-state index contributed by atoms with van der Waals surface area (Å²) in [6.07, 6.45) is 10.8. The summed E-state index contributed by atoms with van der Waals surface area (Å²) in [5, 5.41) is 4.49. The Bertz CT molecular complexity index is 1370. The molecule has 0 bridgehead atoms. The normalized spacial score (nSPS) is 11.6. The molecule has 0 aliphatic rings. The minimum absolute atomic E-state index is 0.276. The number of carbonyl (C=O) groups excluding carboxylic acids is 1. The second-order valence-corrected chi connectivity index (χ2v) is 7.33. The predicted molar refractivity (Wildman–Crippen MR) is 134 cm³/mol. The average Bonchev–Trinajstić information content (AvgIpc) is 3.29. The highest BCUT2D eigenvalue weighted by molar-refractivity contribution is 5.96. The second-order valence-electron chi connectivity index (χ2n) is 7.33. The molecule has 0 saturated carbocycles. The van der Waals surface area contributed by atoms with Crippen molar-refractivity contribution >= 4 is 17.2 Å². The van der Waals surface area contributed by atoms with Crippen molar-refractivity contribution in [2.45, 2.75) is 13.8 Å². The van der Waals surface area contributed by atoms with Gasteiger partial charge in [0.2, 0.25) is 0 Å². The van der Waals surface area contributed by atoms with Gasteiger partial charge in [0.05, 0.1) is 18.5 Å². The number of para-hydroxylation sites is 1. The number of hydrogen-bond donors (Lipinski definition) is 0. The zero-order valence-electron chi connectivity index (χ0n) is 19.1. The topological polar surface area (TPSA) is 65.7 Å². The van der Waals surface area contributed by atoms with Crippen LogP contribution >= 0.6 is 0 Å². The average molecular weight is 452 g/mol. The van der Waals surface area contributed by atoms with Gasteiger partial charge in [-0.1, -0.05) is 61.2 Å². The van der Waals surface area contributed by atoms with Crippen LogP contribution in [0.25, 0.3) is 22.3 Å². The zero-order valence-corrected chi connectivity index (χ0v) is 19.1. The number of carbonyl (C=O) groups is 1. The Balaban J connectivity index is 1.83. The number of hydrogen-bond acceptors (Lipinski definition) is 5. The van der Waals surface area contributed by atoms with Crippen molar-refractivity contribution in [3.05, 3.63) is 109 Å². The van der Waals surface area contributed by atoms with Crippen LogP contribution in [0, 0.1) is 0 Å². The molecular formula is C28H25N3O3. The van der Waals surface area contributed by atoms with Gasteiger partial charge in [0.15, 0.2) is 5.65 Å². The van der Waals surface area contributed by atoms with Gasteiger partial charge in [-0.05, 0) is 43.7 Å². The van der Waals surface area contributed by atoms with Crippen molar-refractivity contribution < 1.29 is 14.3 Å². The first kappa shape index (κ1) is 22.7. The van der Waals surface area contributed by atoms with Crippen LogP contribution in [0.5, 0.6) is 11.5 Å². The minimum Gasteiger partial charge on any atom is -0.462 e. The first-order chi connectivity index (χ1) is 16.7. The first-order valence-electron chi connectivity index (χ1n) is 11.0. The highest BCUT2D eigenvalue weighted by atomic mass is 16.5. The summed E-state index contributed by atoms with van der Waals surface area (Å²) in [5.41, 5.74) is 4.19. The molecule has 0 aliphatic heterocycles. The molecule has 4 aromatic rings. The minimum atomic E-state index is -0.452. The second kappa shape index (κ2) is 10.4. The Morgan fingerprint density at radius 2 is 1.79 bits per heavy atom. The smallest absolute Gasteiger partial charge is 0.343 e. The fourth-order valence-electron chi connectivity index (χ4n) is 3.62. The summed E-state index contributed by atoms with van der Waals surface area (Å²) >= 11 is 0. The van der Waals surface area contributed by atoms with Crippen molar-refractivity contribution in [2.24, 2.45) is 0 Å². The van der Waals surface area contributed by atoms with Crippen molar-refractivity contribution in [2.75, 3.05) is 6.61 Å². The van der Waals surface area contributed by atoms with Gasteiger partial charge in [0.1, 0.15) is 17.1 Å². The van der Waals surface area contributed by atoms with E-state index in [0.717, 1.165) is 33.9 Å². The van der Waals surface area contributed by atoms with E-state index in [9.17, 15) is 4.79 Å². The molecule has 4 rings (SSSR count). The van der Waals surface area contributed by atoms with Crippen molar-refractivity contribution in [1.29, 1.82) is 0 Å². The van der Waals surface area contributed by atoms with Gasteiger partial charge in [-0.15, -0.1) is 0 Å². The Kier molecular flexibility index (Phi) is 6.98. The maximum absolute atomic E-state index is 12.4. The largest absolute Gasteiger partial charge is 0.462 e. The molecule has 0 radical (unpaired) electrons. The van der Waals surface area contributed by atoms with E-state index >= 15 is 0 Å². The van der Waals surface area contributed by atoms with Crippen LogP contribution in [-0.2, 0) is 4.74 Å². The van der Waals surface area contributed by atoms with Crippen LogP contribution < -0.4 is 4.74 Å². The van der Waals surface area contributed by atoms with Crippen LogP contribution in [-0.4, -0.2) is 27.2 Å². The van der Waals surface area contributed by atoms with Gasteiger partial charge in [-0.2, -0.15) is 5.10 Å². The van der Waals surface area contributed by atoms with Gasteiger partial charge in [0, 0.05) is 17.3 Å². The summed E-state index contributed by atoms with van der Waals surface area (Å²) in [5.74, 6) is 1.04. The third-order valence-corrected chi connectivity index (χ3v) is 5.08. The molecule has 0 spiro atoms. The molecule has 2 aromatic carbocycles. The molecule has 0 saturated heterocycles. The lowest BCUT2D eigenvalue weighted by molar-refractivity contribution is 0.0528. The number of allylic oxidation sites excluding steroid dienone is 5. The molecule has 2 aromatic heterocycles. The summed E-state index contributed by atoms with van der Waals surface area (Å²) in [6, 6.07) is 17.4. The number of benzene rings is 2. The Morgan fingerprint density at radius 3 is 2.47 bits per heavy atom. The number of ether oxygens (including phenoxy) is 2. The Labute approximate surface area is 198 Å². The summed E-state index contributed by atoms with van der Waals surface area (Å²) in [6.45, 7) is 7.84. The SMILES string of the molecule is C=C/C=C(\C=C/C)c1c(-c2ccc(Oc3ccccc3)cc2)cnc2c(C(=O)OCC)cnn12. The highest BCUT2D eigenvalue weighted by Crippen LogP contribution is 2.32. The molecule has 170 valence electrons. The van der Waals surface area contributed by atoms with Gasteiger partial charge in [-0.25, -0.2) is 14.3 Å². The van der Waals surface area contributed by atoms with E-state index in [1.54, 1.807) is 23.7 Å². The number of esters is 1. The fourth-order valence-corrected chi connectivity index (χ4v) is 3.62. The quantitative estimate of drug-likeness (QED) is 0.226. The zero-order chi connectivity index (χ0) is 23.9. The molecule has 0 fully saturated rings. The standard InChI is InChI=1S/C28H25N3O3/c1-4-10-21(11-5-2)26-24(18-29-27-25(19-30-31(26)27)28(32)33-6-3)20-14-16-23(17-15-20)34-22-12-8-7-9-13-22/h4-5,7-19H,1,6H2,2-3H3/b11-5-,21-10+. The number of nitrogens with zero attached hydrogens (tertiary/aromatic N) is 3. The van der Waals surface area contributed by atoms with Crippen LogP contribution in [0.4, 0.5) is 0 Å². The lowest BCUT2D eigenvalue weighted by Gasteiger charge is -2.14. The lowest BCUT2D eigenvalue weighted by Crippen LogP contribution is -2.07. The molecule has 0 aliphatic carbocycles. The maximum Gasteiger partial charge on any atom is 0.343 e. The number of fused-ring (bicyclic) bond motifs is 1. The lowest BCUT2D eigenvalue weighted by atomic mass is 9.99. The molecule has 0 atom stereocenters. The third-order valence-electron chi connectivity index (χ3n) is 5.08. The van der Waals surface area contributed by atoms with Crippen LogP contribution in [0.1, 0.15) is 29.9 Å². The molecule has 34 heavy (non-hydrogen) atoms. The fraction of sp³-hybridized carbons (Fsp3) is 0.107. The predicted octanol–water partition coefficient (Wildman–Crippen LogP) is 6.51. The molecule has 6 nitrogen and oxygen atoms in total. The van der Waals surface area contributed by atoms with Crippen molar-refractivity contribution in [1.82, 2.24) is 14.6 Å². The van der Waals surface area contributed by atoms with Gasteiger partial charge >= 0.3 is 5.97 Å². The van der Waals surface area contributed by atoms with Crippen molar-refractivity contribution in [3.63, 3.8) is 0 Å². The molecular weight excluding hydrogens is 426 g/mol. The number of rotatable bonds is 8. The Morgan fingerprint density at radius 1 is 1.06 bits per heavy atom. The van der Waals surface area contributed by atoms with E-state index in [1.807, 2.05) is 79.7 Å². The van der Waals surface area contributed by atoms with Crippen LogP contribution in [0.3, 0.4) is 0 Å². The van der Waals surface area contributed by atoms with E-state index in [4.69, 9.17) is 9.47 Å². The van der Waals surface area contributed by atoms with Crippen LogP contribution in [0.2, 0.25) is 0 Å². The van der Waals surface area contributed by atoms with E-state index in [0.29, 0.717) is 11.2 Å². The molecule has 6 heteroatoms. The summed E-state index contributed by atoms with van der Waals surface area (Å²) in [4.78, 5) is 17.0. The van der Waals surface area contributed by atoms with E-state index in [1.165, 1.54) is 6.20 Å². The molecule has 0 amide bonds. The van der Waals surface area contributed by atoms with Gasteiger partial charge < -0.3 is 9.47 Å². The van der Waals surface area contributed by atoms with Gasteiger partial charge in [-0.3, -0.25) is 0 Å². The Hall–Kier alpha value is -4.45. The van der Waals surface area contributed by atoms with E-state index in [2.05, 4.69) is 16.7 Å². The van der Waals surface area contributed by atoms with Crippen LogP contribution in [0.15, 0.2) is 97.9 Å². The molecule has 0 unspecified atom stereocenters. The molecule has 2 heterocycles. The highest BCUT2D eigenvalue weighted by Gasteiger charge is 2.20. The van der Waals surface area contributed by atoms with Crippen molar-refractivity contribution in [3.8, 4) is 22.6 Å². The van der Waals surface area contributed by atoms with Gasteiger partial charge in [0.25, 0.3) is 0 Å².